The zero-order valence-electron chi connectivity index (χ0n) is 11.6. The number of ether oxygens (including phenoxy) is 1. The number of hydrogen-bond acceptors (Lipinski definition) is 4. The van der Waals surface area contributed by atoms with Crippen molar-refractivity contribution in [2.45, 2.75) is 17.1 Å². The van der Waals surface area contributed by atoms with Crippen LogP contribution in [0, 0.1) is 5.82 Å². The van der Waals surface area contributed by atoms with E-state index in [0.717, 1.165) is 16.0 Å². The van der Waals surface area contributed by atoms with Crippen LogP contribution in [0.4, 0.5) is 10.1 Å². The summed E-state index contributed by atoms with van der Waals surface area (Å²) in [6.07, 6.45) is 0.242. The number of esters is 1. The molecule has 0 amide bonds. The van der Waals surface area contributed by atoms with Crippen molar-refractivity contribution in [3.8, 4) is 0 Å². The fraction of sp³-hybridized carbons (Fsp3) is 0.188. The van der Waals surface area contributed by atoms with Crippen LogP contribution in [-0.2, 0) is 21.7 Å². The molecule has 3 nitrogen and oxygen atoms in total. The molecule has 0 saturated carbocycles. The highest BCUT2D eigenvalue weighted by Gasteiger charge is 2.09. The maximum absolute atomic E-state index is 13.0. The minimum atomic E-state index is -0.344. The van der Waals surface area contributed by atoms with E-state index in [2.05, 4.69) is 0 Å². The van der Waals surface area contributed by atoms with Crippen molar-refractivity contribution in [2.24, 2.45) is 0 Å². The molecule has 0 spiro atoms. The molecule has 0 aliphatic rings. The predicted octanol–water partition coefficient (Wildman–Crippen LogP) is 3.42. The van der Waals surface area contributed by atoms with Gasteiger partial charge >= 0.3 is 5.97 Å². The number of nitrogen functional groups attached to an aromatic ring is 1. The number of methoxy groups -OCH3 is 1. The molecule has 0 unspecified atom stereocenters. The van der Waals surface area contributed by atoms with Crippen molar-refractivity contribution < 1.29 is 13.9 Å². The summed E-state index contributed by atoms with van der Waals surface area (Å²) in [6.45, 7) is 0. The highest BCUT2D eigenvalue weighted by atomic mass is 32.2. The van der Waals surface area contributed by atoms with E-state index >= 15 is 0 Å². The molecule has 5 heteroatoms. The zero-order valence-corrected chi connectivity index (χ0v) is 12.5. The second-order valence-corrected chi connectivity index (χ2v) is 5.51. The van der Waals surface area contributed by atoms with Gasteiger partial charge in [-0.3, -0.25) is 4.79 Å². The molecule has 0 fully saturated rings. The third-order valence-corrected chi connectivity index (χ3v) is 4.17. The van der Waals surface area contributed by atoms with Gasteiger partial charge in [0.1, 0.15) is 5.82 Å². The number of hydrogen-bond donors (Lipinski definition) is 1. The Balaban J connectivity index is 2.11. The Kier molecular flexibility index (Phi) is 5.22. The Labute approximate surface area is 127 Å². The van der Waals surface area contributed by atoms with Crippen LogP contribution in [0.15, 0.2) is 47.4 Å². The lowest BCUT2D eigenvalue weighted by Gasteiger charge is -2.09. The molecule has 21 heavy (non-hydrogen) atoms. The fourth-order valence-corrected chi connectivity index (χ4v) is 2.89. The van der Waals surface area contributed by atoms with Crippen LogP contribution in [-0.4, -0.2) is 13.1 Å². The SMILES string of the molecule is COC(=O)Cc1ccccc1CSc1ccc(F)cc1N. The van der Waals surface area contributed by atoms with Gasteiger partial charge in [0.25, 0.3) is 0 Å². The number of benzene rings is 2. The van der Waals surface area contributed by atoms with E-state index in [0.29, 0.717) is 11.4 Å². The second kappa shape index (κ2) is 7.13. The lowest BCUT2D eigenvalue weighted by Crippen LogP contribution is -2.06. The van der Waals surface area contributed by atoms with Gasteiger partial charge in [-0.2, -0.15) is 0 Å². The summed E-state index contributed by atoms with van der Waals surface area (Å²) < 4.78 is 17.7. The average Bonchev–Trinajstić information content (AvgIpc) is 2.47. The van der Waals surface area contributed by atoms with E-state index in [1.54, 1.807) is 6.07 Å². The molecule has 0 saturated heterocycles. The molecule has 0 aliphatic carbocycles. The fourth-order valence-electron chi connectivity index (χ4n) is 1.90. The number of carbonyl (C=O) groups excluding carboxylic acids is 1. The standard InChI is InChI=1S/C16H16FNO2S/c1-20-16(19)8-11-4-2-3-5-12(11)10-21-15-7-6-13(17)9-14(15)18/h2-7,9H,8,10,18H2,1H3. The molecule has 2 aromatic carbocycles. The summed E-state index contributed by atoms with van der Waals surface area (Å²) >= 11 is 1.51. The Morgan fingerprint density at radius 2 is 1.95 bits per heavy atom. The number of halogens is 1. The zero-order chi connectivity index (χ0) is 15.2. The molecule has 110 valence electrons. The van der Waals surface area contributed by atoms with Gasteiger partial charge in [-0.25, -0.2) is 4.39 Å². The predicted molar refractivity (Wildman–Crippen MR) is 82.5 cm³/mol. The van der Waals surface area contributed by atoms with E-state index in [1.165, 1.54) is 31.0 Å². The third-order valence-electron chi connectivity index (χ3n) is 3.04. The highest BCUT2D eigenvalue weighted by molar-refractivity contribution is 7.98. The first kappa shape index (κ1) is 15.4. The highest BCUT2D eigenvalue weighted by Crippen LogP contribution is 2.29. The molecular weight excluding hydrogens is 289 g/mol. The molecule has 2 rings (SSSR count). The van der Waals surface area contributed by atoms with Crippen LogP contribution in [0.3, 0.4) is 0 Å². The van der Waals surface area contributed by atoms with Crippen LogP contribution in [0.2, 0.25) is 0 Å². The van der Waals surface area contributed by atoms with Gasteiger partial charge in [0, 0.05) is 16.3 Å². The van der Waals surface area contributed by atoms with E-state index < -0.39 is 0 Å². The van der Waals surface area contributed by atoms with Crippen molar-refractivity contribution in [3.63, 3.8) is 0 Å². The number of carbonyl (C=O) groups is 1. The van der Waals surface area contributed by atoms with Gasteiger partial charge in [0.2, 0.25) is 0 Å². The van der Waals surface area contributed by atoms with Crippen molar-refractivity contribution in [1.29, 1.82) is 0 Å². The van der Waals surface area contributed by atoms with Crippen LogP contribution >= 0.6 is 11.8 Å². The van der Waals surface area contributed by atoms with Gasteiger partial charge in [-0.1, -0.05) is 24.3 Å². The maximum Gasteiger partial charge on any atom is 0.309 e. The smallest absolute Gasteiger partial charge is 0.309 e. The summed E-state index contributed by atoms with van der Waals surface area (Å²) in [4.78, 5) is 12.2. The van der Waals surface area contributed by atoms with Crippen molar-refractivity contribution in [2.75, 3.05) is 12.8 Å². The maximum atomic E-state index is 13.0. The third kappa shape index (κ3) is 4.23. The first-order chi connectivity index (χ1) is 10.1. The topological polar surface area (TPSA) is 52.3 Å². The van der Waals surface area contributed by atoms with Crippen molar-refractivity contribution in [1.82, 2.24) is 0 Å². The summed E-state index contributed by atoms with van der Waals surface area (Å²) in [6, 6.07) is 12.0. The van der Waals surface area contributed by atoms with Gasteiger partial charge in [0.15, 0.2) is 0 Å². The number of nitrogens with two attached hydrogens (primary N) is 1. The van der Waals surface area contributed by atoms with Crippen LogP contribution < -0.4 is 5.73 Å². The summed E-state index contributed by atoms with van der Waals surface area (Å²) in [5, 5.41) is 0. The number of anilines is 1. The Morgan fingerprint density at radius 1 is 1.24 bits per heavy atom. The molecule has 0 heterocycles. The minimum absolute atomic E-state index is 0.242. The van der Waals surface area contributed by atoms with Crippen molar-refractivity contribution >= 4 is 23.4 Å². The molecule has 0 atom stereocenters. The largest absolute Gasteiger partial charge is 0.469 e. The monoisotopic (exact) mass is 305 g/mol. The van der Waals surface area contributed by atoms with Gasteiger partial charge in [0.05, 0.1) is 13.5 Å². The molecule has 0 aliphatic heterocycles. The van der Waals surface area contributed by atoms with Crippen LogP contribution in [0.25, 0.3) is 0 Å². The van der Waals surface area contributed by atoms with Crippen molar-refractivity contribution in [3.05, 3.63) is 59.4 Å². The molecule has 2 aromatic rings. The Hall–Kier alpha value is -2.01. The second-order valence-electron chi connectivity index (χ2n) is 4.49. The van der Waals surface area contributed by atoms with E-state index in [1.807, 2.05) is 24.3 Å². The molecule has 0 aromatic heterocycles. The Bertz CT molecular complexity index is 646. The number of rotatable bonds is 5. The molecule has 2 N–H and O–H groups in total. The lowest BCUT2D eigenvalue weighted by atomic mass is 10.1. The summed E-state index contributed by atoms with van der Waals surface area (Å²) in [5.41, 5.74) is 8.18. The summed E-state index contributed by atoms with van der Waals surface area (Å²) in [5.74, 6) is 0.0416. The minimum Gasteiger partial charge on any atom is -0.469 e. The van der Waals surface area contributed by atoms with Gasteiger partial charge in [-0.05, 0) is 29.3 Å². The van der Waals surface area contributed by atoms with E-state index in [-0.39, 0.29) is 18.2 Å². The Morgan fingerprint density at radius 3 is 2.62 bits per heavy atom. The van der Waals surface area contributed by atoms with E-state index in [9.17, 15) is 9.18 Å². The quantitative estimate of drug-likeness (QED) is 0.522. The summed E-state index contributed by atoms with van der Waals surface area (Å²) in [7, 11) is 1.37. The normalized spacial score (nSPS) is 10.4. The number of thioether (sulfide) groups is 1. The van der Waals surface area contributed by atoms with Crippen LogP contribution in [0.5, 0.6) is 0 Å². The van der Waals surface area contributed by atoms with E-state index in [4.69, 9.17) is 10.5 Å². The van der Waals surface area contributed by atoms with Crippen LogP contribution in [0.1, 0.15) is 11.1 Å². The molecular formula is C16H16FNO2S. The van der Waals surface area contributed by atoms with Gasteiger partial charge < -0.3 is 10.5 Å². The molecule has 0 radical (unpaired) electrons. The first-order valence-electron chi connectivity index (χ1n) is 6.41. The molecule has 0 bridgehead atoms. The first-order valence-corrected chi connectivity index (χ1v) is 7.40. The average molecular weight is 305 g/mol. The lowest BCUT2D eigenvalue weighted by molar-refractivity contribution is -0.139. The van der Waals surface area contributed by atoms with Gasteiger partial charge in [-0.15, -0.1) is 11.8 Å².